The van der Waals surface area contributed by atoms with E-state index in [1.807, 2.05) is 31.2 Å². The van der Waals surface area contributed by atoms with Crippen molar-refractivity contribution >= 4 is 22.7 Å². The van der Waals surface area contributed by atoms with Crippen molar-refractivity contribution in [3.05, 3.63) is 35.9 Å². The number of carbonyl (C=O) groups is 1. The van der Waals surface area contributed by atoms with Crippen molar-refractivity contribution in [2.45, 2.75) is 19.9 Å². The molecule has 0 aliphatic carbocycles. The highest BCUT2D eigenvalue weighted by Gasteiger charge is 2.46. The summed E-state index contributed by atoms with van der Waals surface area (Å²) in [6.07, 6.45) is 0. The molecule has 5 nitrogen and oxygen atoms in total. The van der Waals surface area contributed by atoms with Crippen molar-refractivity contribution in [1.29, 1.82) is 0 Å². The lowest BCUT2D eigenvalue weighted by Gasteiger charge is -2.26. The fourth-order valence-corrected chi connectivity index (χ4v) is 2.62. The van der Waals surface area contributed by atoms with Gasteiger partial charge in [-0.25, -0.2) is 4.98 Å². The number of carboxylic acid groups (broad SMARTS) is 1. The summed E-state index contributed by atoms with van der Waals surface area (Å²) in [7, 11) is 0. The van der Waals surface area contributed by atoms with Crippen molar-refractivity contribution in [3.63, 3.8) is 0 Å². The van der Waals surface area contributed by atoms with E-state index >= 15 is 0 Å². The van der Waals surface area contributed by atoms with Crippen LogP contribution in [0.4, 0.5) is 5.82 Å². The number of hydrogen-bond acceptors (Lipinski definition) is 4. The largest absolute Gasteiger partial charge is 0.481 e. The topological polar surface area (TPSA) is 71.5 Å². The van der Waals surface area contributed by atoms with Gasteiger partial charge in [-0.3, -0.25) is 4.79 Å². The number of fused-ring (bicyclic) bond motifs is 1. The predicted octanol–water partition coefficient (Wildman–Crippen LogP) is 2.44. The van der Waals surface area contributed by atoms with Gasteiger partial charge in [-0.15, -0.1) is 0 Å². The van der Waals surface area contributed by atoms with Gasteiger partial charge in [0.25, 0.3) is 0 Å². The molecule has 0 saturated carbocycles. The van der Waals surface area contributed by atoms with Gasteiger partial charge >= 0.3 is 5.97 Å². The number of aromatic nitrogens is 1. The summed E-state index contributed by atoms with van der Waals surface area (Å²) in [6.45, 7) is 4.26. The van der Waals surface area contributed by atoms with Gasteiger partial charge in [-0.05, 0) is 31.5 Å². The Labute approximate surface area is 123 Å². The van der Waals surface area contributed by atoms with Gasteiger partial charge in [0, 0.05) is 5.39 Å². The molecule has 0 amide bonds. The van der Waals surface area contributed by atoms with Crippen LogP contribution in [0.3, 0.4) is 0 Å². The van der Waals surface area contributed by atoms with E-state index in [-0.39, 0.29) is 12.6 Å². The molecule has 1 aliphatic rings. The number of carboxylic acids is 1. The third-order valence-electron chi connectivity index (χ3n) is 4.17. The molecule has 0 radical (unpaired) electrons. The molecule has 1 saturated heterocycles. The molecule has 2 aromatic rings. The minimum absolute atomic E-state index is 0.215. The van der Waals surface area contributed by atoms with Gasteiger partial charge in [0.2, 0.25) is 0 Å². The number of para-hydroxylation sites is 1. The Morgan fingerprint density at radius 3 is 3.00 bits per heavy atom. The fraction of sp³-hybridized carbons (Fsp3) is 0.375. The van der Waals surface area contributed by atoms with E-state index in [1.165, 1.54) is 0 Å². The van der Waals surface area contributed by atoms with E-state index < -0.39 is 11.4 Å². The number of aryl methyl sites for hydroxylation is 1. The van der Waals surface area contributed by atoms with Crippen LogP contribution >= 0.6 is 0 Å². The first-order valence-electron chi connectivity index (χ1n) is 6.95. The van der Waals surface area contributed by atoms with E-state index in [0.717, 1.165) is 22.3 Å². The van der Waals surface area contributed by atoms with Crippen LogP contribution in [0.1, 0.15) is 12.5 Å². The van der Waals surface area contributed by atoms with Crippen molar-refractivity contribution in [2.24, 2.45) is 5.41 Å². The number of hydrogen-bond donors (Lipinski definition) is 2. The van der Waals surface area contributed by atoms with Crippen molar-refractivity contribution in [2.75, 3.05) is 18.5 Å². The molecular weight excluding hydrogens is 268 g/mol. The van der Waals surface area contributed by atoms with Gasteiger partial charge in [0.15, 0.2) is 0 Å². The van der Waals surface area contributed by atoms with Crippen LogP contribution in [-0.2, 0) is 9.53 Å². The number of anilines is 1. The Kier molecular flexibility index (Phi) is 3.29. The normalized spacial score (nSPS) is 25.1. The van der Waals surface area contributed by atoms with Crippen LogP contribution in [0.15, 0.2) is 30.3 Å². The highest BCUT2D eigenvalue weighted by Crippen LogP contribution is 2.32. The zero-order valence-electron chi connectivity index (χ0n) is 12.1. The van der Waals surface area contributed by atoms with Crippen molar-refractivity contribution in [1.82, 2.24) is 4.98 Å². The monoisotopic (exact) mass is 286 g/mol. The van der Waals surface area contributed by atoms with Crippen LogP contribution in [0.5, 0.6) is 0 Å². The van der Waals surface area contributed by atoms with Crippen LogP contribution in [-0.4, -0.2) is 35.3 Å². The molecule has 5 heteroatoms. The quantitative estimate of drug-likeness (QED) is 0.906. The summed E-state index contributed by atoms with van der Waals surface area (Å²) in [5, 5.41) is 13.8. The van der Waals surface area contributed by atoms with Crippen LogP contribution in [0.2, 0.25) is 0 Å². The average Bonchev–Trinajstić information content (AvgIpc) is 2.82. The van der Waals surface area contributed by atoms with Crippen LogP contribution in [0, 0.1) is 12.3 Å². The zero-order valence-corrected chi connectivity index (χ0v) is 12.1. The van der Waals surface area contributed by atoms with E-state index in [9.17, 15) is 9.90 Å². The maximum absolute atomic E-state index is 11.5. The highest BCUT2D eigenvalue weighted by atomic mass is 16.5. The Morgan fingerprint density at radius 2 is 2.24 bits per heavy atom. The number of nitrogens with one attached hydrogen (secondary N) is 1. The highest BCUT2D eigenvalue weighted by molar-refractivity contribution is 5.82. The molecule has 2 N–H and O–H groups in total. The molecule has 2 heterocycles. The molecule has 1 aliphatic heterocycles. The summed E-state index contributed by atoms with van der Waals surface area (Å²) >= 11 is 0. The second kappa shape index (κ2) is 5.00. The van der Waals surface area contributed by atoms with E-state index in [1.54, 1.807) is 6.92 Å². The minimum Gasteiger partial charge on any atom is -0.481 e. The Morgan fingerprint density at radius 1 is 1.48 bits per heavy atom. The molecule has 110 valence electrons. The molecule has 2 atom stereocenters. The fourth-order valence-electron chi connectivity index (χ4n) is 2.62. The third kappa shape index (κ3) is 2.34. The predicted molar refractivity (Wildman–Crippen MR) is 80.5 cm³/mol. The first kappa shape index (κ1) is 13.8. The smallest absolute Gasteiger partial charge is 0.313 e. The Balaban J connectivity index is 1.94. The summed E-state index contributed by atoms with van der Waals surface area (Å²) in [4.78, 5) is 16.1. The number of pyridine rings is 1. The van der Waals surface area contributed by atoms with Crippen molar-refractivity contribution in [3.8, 4) is 0 Å². The molecule has 21 heavy (non-hydrogen) atoms. The SMILES string of the molecule is Cc1cc2ccccc2nc1NC1COCC1(C)C(=O)O. The lowest BCUT2D eigenvalue weighted by molar-refractivity contribution is -0.148. The number of aliphatic carboxylic acids is 1. The van der Waals surface area contributed by atoms with Gasteiger partial charge in [-0.2, -0.15) is 0 Å². The molecule has 2 unspecified atom stereocenters. The summed E-state index contributed by atoms with van der Waals surface area (Å²) in [5.74, 6) is -0.132. The van der Waals surface area contributed by atoms with Gasteiger partial charge < -0.3 is 15.2 Å². The zero-order chi connectivity index (χ0) is 15.0. The molecule has 3 rings (SSSR count). The lowest BCUT2D eigenvalue weighted by Crippen LogP contribution is -2.43. The number of nitrogens with zero attached hydrogens (tertiary/aromatic N) is 1. The lowest BCUT2D eigenvalue weighted by atomic mass is 9.85. The second-order valence-electron chi connectivity index (χ2n) is 5.78. The van der Waals surface area contributed by atoms with Crippen LogP contribution in [0.25, 0.3) is 10.9 Å². The van der Waals surface area contributed by atoms with Gasteiger partial charge in [0.1, 0.15) is 11.2 Å². The Hall–Kier alpha value is -2.14. The maximum atomic E-state index is 11.5. The summed E-state index contributed by atoms with van der Waals surface area (Å²) in [6, 6.07) is 9.64. The van der Waals surface area contributed by atoms with E-state index in [0.29, 0.717) is 6.61 Å². The molecule has 1 aromatic carbocycles. The third-order valence-corrected chi connectivity index (χ3v) is 4.17. The molecule has 1 fully saturated rings. The van der Waals surface area contributed by atoms with E-state index in [4.69, 9.17) is 4.74 Å². The summed E-state index contributed by atoms with van der Waals surface area (Å²) in [5.41, 5.74) is 0.953. The Bertz CT molecular complexity index is 701. The minimum atomic E-state index is -0.931. The average molecular weight is 286 g/mol. The second-order valence-corrected chi connectivity index (χ2v) is 5.78. The number of benzene rings is 1. The first-order valence-corrected chi connectivity index (χ1v) is 6.95. The van der Waals surface area contributed by atoms with E-state index in [2.05, 4.69) is 16.4 Å². The molecule has 0 bridgehead atoms. The van der Waals surface area contributed by atoms with Crippen molar-refractivity contribution < 1.29 is 14.6 Å². The maximum Gasteiger partial charge on any atom is 0.313 e. The molecule has 1 aromatic heterocycles. The number of ether oxygens (including phenoxy) is 1. The molecule has 0 spiro atoms. The summed E-state index contributed by atoms with van der Waals surface area (Å²) < 4.78 is 5.36. The number of rotatable bonds is 3. The van der Waals surface area contributed by atoms with Gasteiger partial charge in [0.05, 0.1) is 24.8 Å². The van der Waals surface area contributed by atoms with Gasteiger partial charge in [-0.1, -0.05) is 18.2 Å². The molecular formula is C16H18N2O3. The first-order chi connectivity index (χ1) is 10.0. The standard InChI is InChI=1S/C16H18N2O3/c1-10-7-11-5-3-4-6-12(11)17-14(10)18-13-8-21-9-16(13,2)15(19)20/h3-7,13H,8-9H2,1-2H3,(H,17,18)(H,19,20). The van der Waals surface area contributed by atoms with Crippen LogP contribution < -0.4 is 5.32 Å².